The smallest absolute Gasteiger partial charge is 0.297 e. The van der Waals surface area contributed by atoms with Gasteiger partial charge in [-0.3, -0.25) is 4.68 Å². The topological polar surface area (TPSA) is 117 Å². The van der Waals surface area contributed by atoms with E-state index in [1.807, 2.05) is 0 Å². The summed E-state index contributed by atoms with van der Waals surface area (Å²) in [5.74, 6) is -0.185. The molecule has 0 bridgehead atoms. The van der Waals surface area contributed by atoms with E-state index in [0.29, 0.717) is 11.4 Å². The SMILES string of the molecule is CO/C(O)=C(\C#N)c1nn(C)c(N)c1CCO. The van der Waals surface area contributed by atoms with Gasteiger partial charge in [-0.2, -0.15) is 10.4 Å². The van der Waals surface area contributed by atoms with Crippen molar-refractivity contribution in [1.29, 1.82) is 5.26 Å². The molecule has 0 aliphatic heterocycles. The van der Waals surface area contributed by atoms with Gasteiger partial charge in [0.2, 0.25) is 0 Å². The van der Waals surface area contributed by atoms with Gasteiger partial charge in [0.15, 0.2) is 5.57 Å². The summed E-state index contributed by atoms with van der Waals surface area (Å²) in [6.07, 6.45) is 0.247. The first kappa shape index (κ1) is 12.9. The van der Waals surface area contributed by atoms with Gasteiger partial charge < -0.3 is 20.7 Å². The number of aromatic nitrogens is 2. The highest BCUT2D eigenvalue weighted by atomic mass is 16.6. The van der Waals surface area contributed by atoms with Gasteiger partial charge >= 0.3 is 0 Å². The molecule has 1 aromatic rings. The second kappa shape index (κ2) is 5.23. The number of aliphatic hydroxyl groups excluding tert-OH is 2. The second-order valence-electron chi connectivity index (χ2n) is 3.31. The van der Waals surface area contributed by atoms with Gasteiger partial charge in [0.25, 0.3) is 5.95 Å². The fraction of sp³-hybridized carbons (Fsp3) is 0.400. The van der Waals surface area contributed by atoms with Crippen LogP contribution in [0.5, 0.6) is 0 Å². The highest BCUT2D eigenvalue weighted by Crippen LogP contribution is 2.25. The molecule has 0 aromatic carbocycles. The van der Waals surface area contributed by atoms with Crippen LogP contribution < -0.4 is 5.73 Å². The quantitative estimate of drug-likeness (QED) is 0.499. The lowest BCUT2D eigenvalue weighted by atomic mass is 10.1. The van der Waals surface area contributed by atoms with Crippen LogP contribution in [0.15, 0.2) is 5.95 Å². The van der Waals surface area contributed by atoms with Crippen LogP contribution in [0.2, 0.25) is 0 Å². The molecule has 7 heteroatoms. The number of nitriles is 1. The molecule has 1 rings (SSSR count). The fourth-order valence-corrected chi connectivity index (χ4v) is 1.44. The molecule has 0 saturated heterocycles. The highest BCUT2D eigenvalue weighted by Gasteiger charge is 2.20. The largest absolute Gasteiger partial charge is 0.480 e. The number of rotatable bonds is 4. The van der Waals surface area contributed by atoms with E-state index in [4.69, 9.17) is 16.1 Å². The molecule has 0 radical (unpaired) electrons. The number of nitrogens with zero attached hydrogens (tertiary/aromatic N) is 3. The van der Waals surface area contributed by atoms with E-state index in [2.05, 4.69) is 9.84 Å². The maximum absolute atomic E-state index is 9.45. The lowest BCUT2D eigenvalue weighted by Gasteiger charge is -2.02. The van der Waals surface area contributed by atoms with Gasteiger partial charge in [-0.25, -0.2) is 0 Å². The number of hydrogen-bond donors (Lipinski definition) is 3. The van der Waals surface area contributed by atoms with Gasteiger partial charge in [0, 0.05) is 25.6 Å². The van der Waals surface area contributed by atoms with Crippen LogP contribution in [0.3, 0.4) is 0 Å². The molecular formula is C10H14N4O3. The number of ether oxygens (including phenoxy) is 1. The molecule has 0 fully saturated rings. The number of aliphatic hydroxyl groups is 2. The first-order chi connectivity index (χ1) is 8.06. The van der Waals surface area contributed by atoms with Crippen LogP contribution in [0.4, 0.5) is 5.82 Å². The maximum atomic E-state index is 9.45. The van der Waals surface area contributed by atoms with E-state index in [0.717, 1.165) is 0 Å². The second-order valence-corrected chi connectivity index (χ2v) is 3.31. The third-order valence-electron chi connectivity index (χ3n) is 2.31. The van der Waals surface area contributed by atoms with E-state index in [9.17, 15) is 5.11 Å². The summed E-state index contributed by atoms with van der Waals surface area (Å²) in [7, 11) is 2.85. The van der Waals surface area contributed by atoms with Crippen molar-refractivity contribution in [3.05, 3.63) is 17.2 Å². The summed E-state index contributed by atoms with van der Waals surface area (Å²) in [6, 6.07) is 1.80. The van der Waals surface area contributed by atoms with Crippen molar-refractivity contribution in [3.63, 3.8) is 0 Å². The number of nitrogen functional groups attached to an aromatic ring is 1. The summed E-state index contributed by atoms with van der Waals surface area (Å²) in [5, 5.41) is 31.4. The molecule has 0 unspecified atom stereocenters. The molecule has 0 amide bonds. The number of hydrogen-bond acceptors (Lipinski definition) is 6. The number of nitrogens with two attached hydrogens (primary N) is 1. The van der Waals surface area contributed by atoms with Crippen molar-refractivity contribution in [2.24, 2.45) is 7.05 Å². The van der Waals surface area contributed by atoms with E-state index in [1.54, 1.807) is 13.1 Å². The highest BCUT2D eigenvalue weighted by molar-refractivity contribution is 5.79. The first-order valence-corrected chi connectivity index (χ1v) is 4.86. The maximum Gasteiger partial charge on any atom is 0.297 e. The Morgan fingerprint density at radius 2 is 2.29 bits per heavy atom. The van der Waals surface area contributed by atoms with Crippen molar-refractivity contribution in [3.8, 4) is 6.07 Å². The summed E-state index contributed by atoms with van der Waals surface area (Å²) < 4.78 is 5.98. The van der Waals surface area contributed by atoms with Crippen LogP contribution in [-0.2, 0) is 18.2 Å². The van der Waals surface area contributed by atoms with Crippen LogP contribution in [-0.4, -0.2) is 33.7 Å². The summed E-state index contributed by atoms with van der Waals surface area (Å²) in [6.45, 7) is -0.130. The standard InChI is InChI=1S/C10H14N4O3/c1-14-9(12)6(3-4-15)8(13-14)7(5-11)10(16)17-2/h15-16H,3-4,12H2,1-2H3/b10-7+. The Balaban J connectivity index is 3.40. The molecule has 0 saturated carbocycles. The van der Waals surface area contributed by atoms with Crippen molar-refractivity contribution < 1.29 is 14.9 Å². The third kappa shape index (κ3) is 2.32. The van der Waals surface area contributed by atoms with Crippen LogP contribution in [0.1, 0.15) is 11.3 Å². The molecule has 0 aliphatic rings. The van der Waals surface area contributed by atoms with Crippen molar-refractivity contribution in [2.75, 3.05) is 19.5 Å². The van der Waals surface area contributed by atoms with E-state index < -0.39 is 5.95 Å². The Kier molecular flexibility index (Phi) is 3.96. The fourth-order valence-electron chi connectivity index (χ4n) is 1.44. The van der Waals surface area contributed by atoms with Gasteiger partial charge in [0.05, 0.1) is 7.11 Å². The van der Waals surface area contributed by atoms with Crippen molar-refractivity contribution in [1.82, 2.24) is 9.78 Å². The zero-order valence-corrected chi connectivity index (χ0v) is 9.64. The average molecular weight is 238 g/mol. The van der Waals surface area contributed by atoms with E-state index >= 15 is 0 Å². The van der Waals surface area contributed by atoms with E-state index in [-0.39, 0.29) is 24.3 Å². The zero-order chi connectivity index (χ0) is 13.0. The Hall–Kier alpha value is -2.20. The van der Waals surface area contributed by atoms with Crippen molar-refractivity contribution >= 4 is 11.4 Å². The van der Waals surface area contributed by atoms with Crippen LogP contribution in [0, 0.1) is 11.3 Å². The normalized spacial score (nSPS) is 11.9. The third-order valence-corrected chi connectivity index (χ3v) is 2.31. The number of anilines is 1. The summed E-state index contributed by atoms with van der Waals surface area (Å²) >= 11 is 0. The Bertz CT molecular complexity index is 484. The lowest BCUT2D eigenvalue weighted by molar-refractivity contribution is 0.139. The number of methoxy groups -OCH3 is 1. The Morgan fingerprint density at radius 1 is 1.65 bits per heavy atom. The van der Waals surface area contributed by atoms with Crippen molar-refractivity contribution in [2.45, 2.75) is 6.42 Å². The number of allylic oxidation sites excluding steroid dienone is 1. The van der Waals surface area contributed by atoms with Gasteiger partial charge in [-0.05, 0) is 0 Å². The van der Waals surface area contributed by atoms with E-state index in [1.165, 1.54) is 11.8 Å². The molecule has 0 aliphatic carbocycles. The Morgan fingerprint density at radius 3 is 2.76 bits per heavy atom. The predicted octanol–water partition coefficient (Wildman–Crippen LogP) is -0.0663. The molecule has 0 atom stereocenters. The van der Waals surface area contributed by atoms with Gasteiger partial charge in [-0.1, -0.05) is 0 Å². The van der Waals surface area contributed by atoms with Crippen LogP contribution in [0.25, 0.3) is 5.57 Å². The molecule has 92 valence electrons. The molecule has 0 spiro atoms. The molecule has 4 N–H and O–H groups in total. The summed E-state index contributed by atoms with van der Waals surface area (Å²) in [5.41, 5.74) is 6.38. The Labute approximate surface area is 98.3 Å². The van der Waals surface area contributed by atoms with Crippen LogP contribution >= 0.6 is 0 Å². The molecular weight excluding hydrogens is 224 g/mol. The number of aryl methyl sites for hydroxylation is 1. The van der Waals surface area contributed by atoms with Gasteiger partial charge in [0.1, 0.15) is 17.6 Å². The summed E-state index contributed by atoms with van der Waals surface area (Å²) in [4.78, 5) is 0. The predicted molar refractivity (Wildman–Crippen MR) is 60.6 cm³/mol. The molecule has 1 aromatic heterocycles. The minimum atomic E-state index is -0.523. The minimum absolute atomic E-state index is 0.108. The molecule has 7 nitrogen and oxygen atoms in total. The minimum Gasteiger partial charge on any atom is -0.480 e. The zero-order valence-electron chi connectivity index (χ0n) is 9.64. The molecule has 1 heterocycles. The average Bonchev–Trinajstić information content (AvgIpc) is 2.59. The van der Waals surface area contributed by atoms with Gasteiger partial charge in [-0.15, -0.1) is 0 Å². The monoisotopic (exact) mass is 238 g/mol. The first-order valence-electron chi connectivity index (χ1n) is 4.86. The molecule has 17 heavy (non-hydrogen) atoms. The lowest BCUT2D eigenvalue weighted by Crippen LogP contribution is -2.01.